The van der Waals surface area contributed by atoms with Crippen LogP contribution < -0.4 is 5.32 Å². The SMILES string of the molecule is Cl/C=C/CN1CCCNC2(CCCC2)C1. The monoisotopic (exact) mass is 228 g/mol. The van der Waals surface area contributed by atoms with Crippen molar-refractivity contribution >= 4 is 11.6 Å². The van der Waals surface area contributed by atoms with Crippen molar-refractivity contribution in [2.24, 2.45) is 0 Å². The van der Waals surface area contributed by atoms with E-state index in [-0.39, 0.29) is 0 Å². The Morgan fingerprint density at radius 1 is 1.27 bits per heavy atom. The maximum absolute atomic E-state index is 5.59. The van der Waals surface area contributed by atoms with Crippen LogP contribution in [-0.4, -0.2) is 36.6 Å². The molecule has 0 aromatic rings. The van der Waals surface area contributed by atoms with Crippen molar-refractivity contribution in [1.82, 2.24) is 10.2 Å². The summed E-state index contributed by atoms with van der Waals surface area (Å²) in [5, 5.41) is 3.76. The van der Waals surface area contributed by atoms with Crippen LogP contribution in [0.4, 0.5) is 0 Å². The van der Waals surface area contributed by atoms with Crippen molar-refractivity contribution in [3.05, 3.63) is 11.6 Å². The lowest BCUT2D eigenvalue weighted by atomic mass is 9.97. The molecule has 2 fully saturated rings. The average molecular weight is 229 g/mol. The standard InChI is InChI=1S/C12H21ClN2/c13-7-3-9-15-10-4-8-14-12(11-15)5-1-2-6-12/h3,7,14H,1-2,4-6,8-11H2/b7-3+. The molecule has 1 saturated heterocycles. The zero-order chi connectivity index (χ0) is 10.6. The van der Waals surface area contributed by atoms with Gasteiger partial charge >= 0.3 is 0 Å². The van der Waals surface area contributed by atoms with Crippen molar-refractivity contribution in [3.8, 4) is 0 Å². The van der Waals surface area contributed by atoms with Gasteiger partial charge in [-0.3, -0.25) is 4.90 Å². The first-order chi connectivity index (χ1) is 7.35. The van der Waals surface area contributed by atoms with E-state index in [0.717, 1.165) is 6.54 Å². The fourth-order valence-electron chi connectivity index (χ4n) is 2.95. The Balaban J connectivity index is 1.95. The lowest BCUT2D eigenvalue weighted by Crippen LogP contribution is -2.49. The molecule has 2 nitrogen and oxygen atoms in total. The molecule has 1 aliphatic heterocycles. The molecule has 15 heavy (non-hydrogen) atoms. The molecule has 0 aromatic carbocycles. The van der Waals surface area contributed by atoms with E-state index >= 15 is 0 Å². The number of hydrogen-bond donors (Lipinski definition) is 1. The van der Waals surface area contributed by atoms with E-state index in [9.17, 15) is 0 Å². The van der Waals surface area contributed by atoms with Crippen molar-refractivity contribution in [2.45, 2.75) is 37.6 Å². The van der Waals surface area contributed by atoms with Gasteiger partial charge in [-0.05, 0) is 32.4 Å². The maximum Gasteiger partial charge on any atom is 0.0308 e. The zero-order valence-corrected chi connectivity index (χ0v) is 10.1. The number of rotatable bonds is 2. The Kier molecular flexibility index (Phi) is 4.06. The minimum absolute atomic E-state index is 0.427. The van der Waals surface area contributed by atoms with Crippen LogP contribution in [0.15, 0.2) is 11.6 Å². The molecule has 2 rings (SSSR count). The van der Waals surface area contributed by atoms with E-state index < -0.39 is 0 Å². The summed E-state index contributed by atoms with van der Waals surface area (Å²) in [5.74, 6) is 0. The quantitative estimate of drug-likeness (QED) is 0.781. The highest BCUT2D eigenvalue weighted by atomic mass is 35.5. The van der Waals surface area contributed by atoms with Gasteiger partial charge in [-0.25, -0.2) is 0 Å². The van der Waals surface area contributed by atoms with Gasteiger partial charge in [0.1, 0.15) is 0 Å². The smallest absolute Gasteiger partial charge is 0.0308 e. The van der Waals surface area contributed by atoms with Crippen LogP contribution in [-0.2, 0) is 0 Å². The Morgan fingerprint density at radius 3 is 2.80 bits per heavy atom. The van der Waals surface area contributed by atoms with E-state index in [4.69, 9.17) is 11.6 Å². The summed E-state index contributed by atoms with van der Waals surface area (Å²) in [6, 6.07) is 0. The van der Waals surface area contributed by atoms with Crippen molar-refractivity contribution in [3.63, 3.8) is 0 Å². The van der Waals surface area contributed by atoms with Crippen LogP contribution in [0.2, 0.25) is 0 Å². The summed E-state index contributed by atoms with van der Waals surface area (Å²) >= 11 is 5.59. The van der Waals surface area contributed by atoms with Gasteiger partial charge in [-0.2, -0.15) is 0 Å². The normalized spacial score (nSPS) is 27.5. The molecule has 0 amide bonds. The Bertz CT molecular complexity index is 222. The van der Waals surface area contributed by atoms with Crippen LogP contribution in [0.3, 0.4) is 0 Å². The molecule has 1 spiro atoms. The molecule has 1 N–H and O–H groups in total. The number of nitrogens with one attached hydrogen (secondary N) is 1. The van der Waals surface area contributed by atoms with E-state index in [0.29, 0.717) is 5.54 Å². The predicted molar refractivity (Wildman–Crippen MR) is 65.3 cm³/mol. The molecule has 0 unspecified atom stereocenters. The summed E-state index contributed by atoms with van der Waals surface area (Å²) in [4.78, 5) is 2.53. The predicted octanol–water partition coefficient (Wildman–Crippen LogP) is 2.35. The molecule has 0 atom stereocenters. The highest BCUT2D eigenvalue weighted by Crippen LogP contribution is 2.31. The van der Waals surface area contributed by atoms with Gasteiger partial charge in [-0.1, -0.05) is 30.5 Å². The minimum atomic E-state index is 0.427. The summed E-state index contributed by atoms with van der Waals surface area (Å²) in [6.07, 6.45) is 8.81. The summed E-state index contributed by atoms with van der Waals surface area (Å²) in [6.45, 7) is 4.60. The molecule has 1 aliphatic carbocycles. The third-order valence-corrected chi connectivity index (χ3v) is 3.87. The van der Waals surface area contributed by atoms with Gasteiger partial charge in [0.2, 0.25) is 0 Å². The van der Waals surface area contributed by atoms with Crippen LogP contribution in [0.5, 0.6) is 0 Å². The van der Waals surface area contributed by atoms with Crippen LogP contribution in [0.25, 0.3) is 0 Å². The highest BCUT2D eigenvalue weighted by molar-refractivity contribution is 6.25. The second-order valence-electron chi connectivity index (χ2n) is 4.86. The molecular formula is C12H21ClN2. The van der Waals surface area contributed by atoms with E-state index in [2.05, 4.69) is 16.3 Å². The average Bonchev–Trinajstić information content (AvgIpc) is 2.58. The fourth-order valence-corrected chi connectivity index (χ4v) is 3.03. The Hall–Kier alpha value is -0.0500. The fraction of sp³-hybridized carbons (Fsp3) is 0.833. The van der Waals surface area contributed by atoms with Gasteiger partial charge in [0.25, 0.3) is 0 Å². The third kappa shape index (κ3) is 2.96. The molecule has 86 valence electrons. The number of halogens is 1. The van der Waals surface area contributed by atoms with E-state index in [1.54, 1.807) is 5.54 Å². The molecule has 1 saturated carbocycles. The summed E-state index contributed by atoms with van der Waals surface area (Å²) < 4.78 is 0. The van der Waals surface area contributed by atoms with Gasteiger partial charge in [0.05, 0.1) is 0 Å². The lowest BCUT2D eigenvalue weighted by Gasteiger charge is -2.32. The van der Waals surface area contributed by atoms with Crippen LogP contribution in [0, 0.1) is 0 Å². The molecule has 3 heteroatoms. The highest BCUT2D eigenvalue weighted by Gasteiger charge is 2.35. The summed E-state index contributed by atoms with van der Waals surface area (Å²) in [5.41, 5.74) is 2.07. The molecule has 0 bridgehead atoms. The first-order valence-electron chi connectivity index (χ1n) is 6.07. The topological polar surface area (TPSA) is 15.3 Å². The van der Waals surface area contributed by atoms with Crippen molar-refractivity contribution in [2.75, 3.05) is 26.2 Å². The molecule has 0 aromatic heterocycles. The molecule has 1 heterocycles. The van der Waals surface area contributed by atoms with Crippen molar-refractivity contribution < 1.29 is 0 Å². The second kappa shape index (κ2) is 5.33. The van der Waals surface area contributed by atoms with Gasteiger partial charge in [0, 0.05) is 24.2 Å². The van der Waals surface area contributed by atoms with E-state index in [1.165, 1.54) is 51.7 Å². The van der Waals surface area contributed by atoms with Gasteiger partial charge < -0.3 is 5.32 Å². The first kappa shape index (κ1) is 11.4. The van der Waals surface area contributed by atoms with Gasteiger partial charge in [0.15, 0.2) is 0 Å². The van der Waals surface area contributed by atoms with E-state index in [1.807, 2.05) is 0 Å². The lowest BCUT2D eigenvalue weighted by molar-refractivity contribution is 0.226. The Labute approximate surface area is 97.7 Å². The van der Waals surface area contributed by atoms with Crippen LogP contribution >= 0.6 is 11.6 Å². The number of hydrogen-bond acceptors (Lipinski definition) is 2. The van der Waals surface area contributed by atoms with Crippen molar-refractivity contribution in [1.29, 1.82) is 0 Å². The zero-order valence-electron chi connectivity index (χ0n) is 9.34. The largest absolute Gasteiger partial charge is 0.310 e. The number of nitrogens with zero attached hydrogens (tertiary/aromatic N) is 1. The minimum Gasteiger partial charge on any atom is -0.310 e. The van der Waals surface area contributed by atoms with Crippen LogP contribution in [0.1, 0.15) is 32.1 Å². The maximum atomic E-state index is 5.59. The first-order valence-corrected chi connectivity index (χ1v) is 6.51. The second-order valence-corrected chi connectivity index (χ2v) is 5.12. The third-order valence-electron chi connectivity index (χ3n) is 3.69. The Morgan fingerprint density at radius 2 is 2.07 bits per heavy atom. The molecular weight excluding hydrogens is 208 g/mol. The molecule has 0 radical (unpaired) electrons. The van der Waals surface area contributed by atoms with Gasteiger partial charge in [-0.15, -0.1) is 0 Å². The summed E-state index contributed by atoms with van der Waals surface area (Å²) in [7, 11) is 0. The molecule has 2 aliphatic rings.